The molecule has 2 fully saturated rings. The first-order chi connectivity index (χ1) is 8.40. The maximum atomic E-state index is 4.42. The molecule has 4 heterocycles. The number of hydrogen-bond donors (Lipinski definition) is 2. The highest BCUT2D eigenvalue weighted by atomic mass is 15.2. The molecule has 90 valence electrons. The molecule has 4 nitrogen and oxygen atoms in total. The van der Waals surface area contributed by atoms with Crippen molar-refractivity contribution >= 4 is 11.5 Å². The van der Waals surface area contributed by atoms with E-state index in [0.29, 0.717) is 12.1 Å². The summed E-state index contributed by atoms with van der Waals surface area (Å²) >= 11 is 0. The van der Waals surface area contributed by atoms with Gasteiger partial charge in [-0.1, -0.05) is 0 Å². The molecule has 3 aliphatic heterocycles. The van der Waals surface area contributed by atoms with E-state index in [9.17, 15) is 0 Å². The van der Waals surface area contributed by atoms with Gasteiger partial charge >= 0.3 is 0 Å². The zero-order valence-electron chi connectivity index (χ0n) is 9.95. The maximum Gasteiger partial charge on any atom is 0.131 e. The van der Waals surface area contributed by atoms with Crippen LogP contribution in [0.5, 0.6) is 0 Å². The number of aromatic nitrogens is 1. The van der Waals surface area contributed by atoms with Gasteiger partial charge in [0.1, 0.15) is 5.82 Å². The summed E-state index contributed by atoms with van der Waals surface area (Å²) in [4.78, 5) is 6.98. The van der Waals surface area contributed by atoms with Crippen LogP contribution in [-0.4, -0.2) is 36.7 Å². The maximum absolute atomic E-state index is 4.42. The molecule has 0 saturated carbocycles. The van der Waals surface area contributed by atoms with E-state index in [4.69, 9.17) is 0 Å². The van der Waals surface area contributed by atoms with E-state index in [1.165, 1.54) is 24.1 Å². The highest BCUT2D eigenvalue weighted by Gasteiger charge is 2.33. The Morgan fingerprint density at radius 1 is 1.24 bits per heavy atom. The van der Waals surface area contributed by atoms with E-state index in [-0.39, 0.29) is 0 Å². The van der Waals surface area contributed by atoms with Crippen LogP contribution < -0.4 is 15.5 Å². The molecule has 1 aromatic heterocycles. The van der Waals surface area contributed by atoms with Gasteiger partial charge in [0, 0.05) is 49.2 Å². The Bertz CT molecular complexity index is 433. The topological polar surface area (TPSA) is 40.2 Å². The molecule has 0 spiro atoms. The molecular formula is C13H18N4. The van der Waals surface area contributed by atoms with Crippen LogP contribution in [-0.2, 0) is 6.42 Å². The monoisotopic (exact) mass is 230 g/mol. The van der Waals surface area contributed by atoms with Crippen LogP contribution in [0.25, 0.3) is 0 Å². The molecule has 4 rings (SSSR count). The van der Waals surface area contributed by atoms with Crippen LogP contribution in [0.3, 0.4) is 0 Å². The van der Waals surface area contributed by atoms with Crippen molar-refractivity contribution in [1.82, 2.24) is 10.3 Å². The second-order valence-corrected chi connectivity index (χ2v) is 5.38. The van der Waals surface area contributed by atoms with E-state index in [1.807, 2.05) is 6.20 Å². The van der Waals surface area contributed by atoms with Crippen LogP contribution >= 0.6 is 0 Å². The fourth-order valence-electron chi connectivity index (χ4n) is 3.48. The van der Waals surface area contributed by atoms with E-state index in [0.717, 1.165) is 31.9 Å². The lowest BCUT2D eigenvalue weighted by atomic mass is 10.1. The zero-order valence-corrected chi connectivity index (χ0v) is 9.95. The summed E-state index contributed by atoms with van der Waals surface area (Å²) in [5.74, 6) is 1.10. The smallest absolute Gasteiger partial charge is 0.131 e. The fraction of sp³-hybridized carbons (Fsp3) is 0.615. The number of hydrogen-bond acceptors (Lipinski definition) is 4. The first-order valence-electron chi connectivity index (χ1n) is 6.63. The van der Waals surface area contributed by atoms with Crippen LogP contribution in [0.1, 0.15) is 18.4 Å². The number of nitrogens with zero attached hydrogens (tertiary/aromatic N) is 2. The first kappa shape index (κ1) is 9.71. The summed E-state index contributed by atoms with van der Waals surface area (Å²) < 4.78 is 0. The van der Waals surface area contributed by atoms with Gasteiger partial charge in [-0.15, -0.1) is 0 Å². The first-order valence-corrected chi connectivity index (χ1v) is 6.63. The van der Waals surface area contributed by atoms with Crippen molar-refractivity contribution < 1.29 is 0 Å². The van der Waals surface area contributed by atoms with Crippen LogP contribution in [0.4, 0.5) is 11.5 Å². The molecule has 2 atom stereocenters. The molecule has 2 bridgehead atoms. The summed E-state index contributed by atoms with van der Waals surface area (Å²) in [6.45, 7) is 3.36. The zero-order chi connectivity index (χ0) is 11.2. The summed E-state index contributed by atoms with van der Waals surface area (Å²) in [5.41, 5.74) is 2.84. The molecule has 17 heavy (non-hydrogen) atoms. The molecular weight excluding hydrogens is 212 g/mol. The normalized spacial score (nSPS) is 30.2. The molecule has 0 amide bonds. The van der Waals surface area contributed by atoms with Gasteiger partial charge in [0.2, 0.25) is 0 Å². The number of rotatable bonds is 1. The lowest BCUT2D eigenvalue weighted by Crippen LogP contribution is -2.51. The average Bonchev–Trinajstić information content (AvgIpc) is 2.95. The number of fused-ring (bicyclic) bond motifs is 3. The van der Waals surface area contributed by atoms with Crippen molar-refractivity contribution in [2.45, 2.75) is 31.3 Å². The molecule has 2 N–H and O–H groups in total. The van der Waals surface area contributed by atoms with Crippen molar-refractivity contribution in [3.05, 3.63) is 17.8 Å². The van der Waals surface area contributed by atoms with Gasteiger partial charge in [0.05, 0.1) is 0 Å². The van der Waals surface area contributed by atoms with Crippen molar-refractivity contribution in [3.8, 4) is 0 Å². The third-order valence-electron chi connectivity index (χ3n) is 4.26. The van der Waals surface area contributed by atoms with Crippen molar-refractivity contribution in [3.63, 3.8) is 0 Å². The molecule has 0 aromatic carbocycles. The Morgan fingerprint density at radius 2 is 2.06 bits per heavy atom. The van der Waals surface area contributed by atoms with E-state index in [2.05, 4.69) is 26.6 Å². The summed E-state index contributed by atoms with van der Waals surface area (Å²) in [5, 5.41) is 7.05. The number of nitrogens with one attached hydrogen (secondary N) is 2. The predicted molar refractivity (Wildman–Crippen MR) is 68.6 cm³/mol. The van der Waals surface area contributed by atoms with Gasteiger partial charge in [-0.05, 0) is 25.3 Å². The number of pyridine rings is 1. The lowest BCUT2D eigenvalue weighted by molar-refractivity contribution is 0.465. The van der Waals surface area contributed by atoms with E-state index < -0.39 is 0 Å². The Hall–Kier alpha value is -1.29. The Morgan fingerprint density at radius 3 is 2.88 bits per heavy atom. The molecule has 0 aliphatic carbocycles. The molecule has 2 unspecified atom stereocenters. The Kier molecular flexibility index (Phi) is 2.06. The standard InChI is InChI=1S/C13H18N4/c1-2-10-8-17(7-9(1)16-10)12-4-6-15-13-11(12)3-5-14-13/h4,6,9-10,16H,1-3,5,7-8H2,(H,14,15). The van der Waals surface area contributed by atoms with Gasteiger partial charge in [-0.3, -0.25) is 0 Å². The molecule has 2 saturated heterocycles. The number of piperazine rings is 1. The fourth-order valence-corrected chi connectivity index (χ4v) is 3.48. The molecule has 0 radical (unpaired) electrons. The summed E-state index contributed by atoms with van der Waals surface area (Å²) in [7, 11) is 0. The molecule has 3 aliphatic rings. The summed E-state index contributed by atoms with van der Waals surface area (Å²) in [6.07, 6.45) is 5.74. The Balaban J connectivity index is 1.69. The minimum atomic E-state index is 0.701. The van der Waals surface area contributed by atoms with Gasteiger partial charge < -0.3 is 15.5 Å². The van der Waals surface area contributed by atoms with Crippen molar-refractivity contribution in [1.29, 1.82) is 0 Å². The molecule has 4 heteroatoms. The van der Waals surface area contributed by atoms with Crippen molar-refractivity contribution in [2.24, 2.45) is 0 Å². The molecule has 1 aromatic rings. The van der Waals surface area contributed by atoms with Crippen LogP contribution in [0.2, 0.25) is 0 Å². The second-order valence-electron chi connectivity index (χ2n) is 5.38. The largest absolute Gasteiger partial charge is 0.369 e. The van der Waals surface area contributed by atoms with Crippen molar-refractivity contribution in [2.75, 3.05) is 29.9 Å². The second kappa shape index (κ2) is 3.60. The van der Waals surface area contributed by atoms with Gasteiger partial charge in [0.25, 0.3) is 0 Å². The minimum Gasteiger partial charge on any atom is -0.369 e. The third kappa shape index (κ3) is 1.51. The Labute approximate surface area is 101 Å². The number of anilines is 2. The third-order valence-corrected chi connectivity index (χ3v) is 4.26. The SMILES string of the molecule is c1cc(N2CC3CCC(C2)N3)c2c(n1)NCC2. The van der Waals surface area contributed by atoms with Gasteiger partial charge in [-0.2, -0.15) is 0 Å². The lowest BCUT2D eigenvalue weighted by Gasteiger charge is -2.35. The highest BCUT2D eigenvalue weighted by Crippen LogP contribution is 2.32. The van der Waals surface area contributed by atoms with Crippen LogP contribution in [0, 0.1) is 0 Å². The van der Waals surface area contributed by atoms with Crippen LogP contribution in [0.15, 0.2) is 12.3 Å². The average molecular weight is 230 g/mol. The van der Waals surface area contributed by atoms with Gasteiger partial charge in [0.15, 0.2) is 0 Å². The quantitative estimate of drug-likeness (QED) is 0.755. The highest BCUT2D eigenvalue weighted by molar-refractivity contribution is 5.66. The predicted octanol–water partition coefficient (Wildman–Crippen LogP) is 0.990. The summed E-state index contributed by atoms with van der Waals surface area (Å²) in [6, 6.07) is 3.59. The van der Waals surface area contributed by atoms with E-state index in [1.54, 1.807) is 0 Å². The van der Waals surface area contributed by atoms with Gasteiger partial charge in [-0.25, -0.2) is 4.98 Å². The minimum absolute atomic E-state index is 0.701. The van der Waals surface area contributed by atoms with E-state index >= 15 is 0 Å².